The zero-order valence-electron chi connectivity index (χ0n) is 17.4. The molecular weight excluding hydrogens is 414 g/mol. The Morgan fingerprint density at radius 2 is 2.00 bits per heavy atom. The van der Waals surface area contributed by atoms with Gasteiger partial charge in [-0.25, -0.2) is 4.98 Å². The molecule has 0 aliphatic carbocycles. The van der Waals surface area contributed by atoms with Gasteiger partial charge in [0, 0.05) is 25.2 Å². The highest BCUT2D eigenvalue weighted by Crippen LogP contribution is 2.33. The minimum absolute atomic E-state index is 0.237. The number of fused-ring (bicyclic) bond motifs is 1. The standard InChI is InChI=1S/C23H22ClN5O2/c1-14-21-16(13-18(20-6-5-11-31-20)25-22(21)28(2)27-14)23(30)26-17-12-15(24)7-8-19(17)29-9-3-4-10-29/h5-8,11-13H,3-4,9-10H2,1-2H3,(H,26,30). The minimum atomic E-state index is -0.237. The molecule has 5 rings (SSSR count). The van der Waals surface area contributed by atoms with Gasteiger partial charge in [-0.15, -0.1) is 0 Å². The number of nitrogens with one attached hydrogen (secondary N) is 1. The predicted molar refractivity (Wildman–Crippen MR) is 122 cm³/mol. The second kappa shape index (κ2) is 7.74. The SMILES string of the molecule is Cc1nn(C)c2nc(-c3ccco3)cc(C(=O)Nc3cc(Cl)ccc3N3CCCC3)c12. The van der Waals surface area contributed by atoms with Crippen LogP contribution >= 0.6 is 11.6 Å². The molecule has 3 aromatic heterocycles. The lowest BCUT2D eigenvalue weighted by Gasteiger charge is -2.22. The topological polar surface area (TPSA) is 76.2 Å². The average molecular weight is 436 g/mol. The molecule has 0 spiro atoms. The van der Waals surface area contributed by atoms with Crippen molar-refractivity contribution in [3.63, 3.8) is 0 Å². The van der Waals surface area contributed by atoms with Crippen molar-refractivity contribution in [2.24, 2.45) is 7.05 Å². The maximum absolute atomic E-state index is 13.5. The lowest BCUT2D eigenvalue weighted by atomic mass is 10.1. The number of benzene rings is 1. The number of amides is 1. The van der Waals surface area contributed by atoms with Gasteiger partial charge in [-0.2, -0.15) is 5.10 Å². The number of aromatic nitrogens is 3. The zero-order chi connectivity index (χ0) is 21.5. The van der Waals surface area contributed by atoms with E-state index in [0.29, 0.717) is 33.4 Å². The Morgan fingerprint density at radius 1 is 1.19 bits per heavy atom. The summed E-state index contributed by atoms with van der Waals surface area (Å²) in [4.78, 5) is 20.5. The number of furan rings is 1. The van der Waals surface area contributed by atoms with Crippen molar-refractivity contribution in [1.82, 2.24) is 14.8 Å². The first kappa shape index (κ1) is 19.6. The summed E-state index contributed by atoms with van der Waals surface area (Å²) in [5.41, 5.74) is 4.13. The van der Waals surface area contributed by atoms with Crippen molar-refractivity contribution in [2.75, 3.05) is 23.3 Å². The summed E-state index contributed by atoms with van der Waals surface area (Å²) >= 11 is 6.26. The highest BCUT2D eigenvalue weighted by Gasteiger charge is 2.22. The fourth-order valence-electron chi connectivity index (χ4n) is 4.21. The van der Waals surface area contributed by atoms with Crippen LogP contribution in [0.2, 0.25) is 5.02 Å². The smallest absolute Gasteiger partial charge is 0.256 e. The Labute approximate surface area is 184 Å². The highest BCUT2D eigenvalue weighted by atomic mass is 35.5. The fraction of sp³-hybridized carbons (Fsp3) is 0.261. The number of anilines is 2. The summed E-state index contributed by atoms with van der Waals surface area (Å²) in [5.74, 6) is 0.356. The molecule has 1 N–H and O–H groups in total. The Kier molecular flexibility index (Phi) is 4.90. The van der Waals surface area contributed by atoms with E-state index in [1.807, 2.05) is 32.2 Å². The zero-order valence-corrected chi connectivity index (χ0v) is 18.1. The molecule has 4 aromatic rings. The number of rotatable bonds is 4. The molecule has 4 heterocycles. The van der Waals surface area contributed by atoms with E-state index < -0.39 is 0 Å². The van der Waals surface area contributed by atoms with Crippen LogP contribution in [-0.4, -0.2) is 33.8 Å². The first-order valence-electron chi connectivity index (χ1n) is 10.3. The molecule has 0 bridgehead atoms. The normalized spacial score (nSPS) is 13.8. The Morgan fingerprint density at radius 3 is 2.74 bits per heavy atom. The number of carbonyl (C=O) groups excluding carboxylic acids is 1. The van der Waals surface area contributed by atoms with Crippen LogP contribution in [0.5, 0.6) is 0 Å². The van der Waals surface area contributed by atoms with Gasteiger partial charge < -0.3 is 14.6 Å². The summed E-state index contributed by atoms with van der Waals surface area (Å²) in [5, 5.41) is 8.85. The molecule has 1 amide bonds. The van der Waals surface area contributed by atoms with Gasteiger partial charge in [-0.3, -0.25) is 9.48 Å². The molecule has 1 saturated heterocycles. The molecule has 1 fully saturated rings. The van der Waals surface area contributed by atoms with Gasteiger partial charge in [-0.1, -0.05) is 11.6 Å². The van der Waals surface area contributed by atoms with Crippen LogP contribution in [-0.2, 0) is 7.05 Å². The fourth-order valence-corrected chi connectivity index (χ4v) is 4.38. The van der Waals surface area contributed by atoms with Gasteiger partial charge in [0.2, 0.25) is 0 Å². The van der Waals surface area contributed by atoms with Crippen molar-refractivity contribution in [2.45, 2.75) is 19.8 Å². The number of carbonyl (C=O) groups is 1. The number of hydrogen-bond acceptors (Lipinski definition) is 5. The van der Waals surface area contributed by atoms with Gasteiger partial charge in [0.05, 0.1) is 34.3 Å². The minimum Gasteiger partial charge on any atom is -0.463 e. The third kappa shape index (κ3) is 3.55. The van der Waals surface area contributed by atoms with Crippen molar-refractivity contribution < 1.29 is 9.21 Å². The first-order chi connectivity index (χ1) is 15.0. The maximum Gasteiger partial charge on any atom is 0.256 e. The van der Waals surface area contributed by atoms with Crippen LogP contribution < -0.4 is 10.2 Å². The highest BCUT2D eigenvalue weighted by molar-refractivity contribution is 6.31. The van der Waals surface area contributed by atoms with Gasteiger partial charge in [0.15, 0.2) is 11.4 Å². The Bertz CT molecular complexity index is 1270. The van der Waals surface area contributed by atoms with E-state index in [1.165, 1.54) is 0 Å². The van der Waals surface area contributed by atoms with Gasteiger partial charge in [-0.05, 0) is 56.2 Å². The molecule has 8 heteroatoms. The van der Waals surface area contributed by atoms with E-state index in [4.69, 9.17) is 16.0 Å². The van der Waals surface area contributed by atoms with E-state index in [1.54, 1.807) is 29.1 Å². The molecule has 1 aliphatic heterocycles. The second-order valence-corrected chi connectivity index (χ2v) is 8.19. The van der Waals surface area contributed by atoms with Gasteiger partial charge >= 0.3 is 0 Å². The lowest BCUT2D eigenvalue weighted by molar-refractivity contribution is 0.102. The van der Waals surface area contributed by atoms with Crippen molar-refractivity contribution in [1.29, 1.82) is 0 Å². The third-order valence-corrected chi connectivity index (χ3v) is 5.88. The largest absolute Gasteiger partial charge is 0.463 e. The van der Waals surface area contributed by atoms with E-state index >= 15 is 0 Å². The summed E-state index contributed by atoms with van der Waals surface area (Å²) in [7, 11) is 1.82. The molecule has 7 nitrogen and oxygen atoms in total. The Hall–Kier alpha value is -3.32. The van der Waals surface area contributed by atoms with Gasteiger partial charge in [0.1, 0.15) is 5.69 Å². The molecule has 1 aromatic carbocycles. The third-order valence-electron chi connectivity index (χ3n) is 5.64. The molecule has 1 aliphatic rings. The summed E-state index contributed by atoms with van der Waals surface area (Å²) in [6.07, 6.45) is 3.87. The second-order valence-electron chi connectivity index (χ2n) is 7.75. The number of hydrogen-bond donors (Lipinski definition) is 1. The van der Waals surface area contributed by atoms with Crippen LogP contribution in [0.4, 0.5) is 11.4 Å². The molecule has 158 valence electrons. The average Bonchev–Trinajstić information content (AvgIpc) is 3.50. The van der Waals surface area contributed by atoms with Crippen molar-refractivity contribution >= 4 is 39.9 Å². The molecule has 0 saturated carbocycles. The van der Waals surface area contributed by atoms with E-state index in [9.17, 15) is 4.79 Å². The summed E-state index contributed by atoms with van der Waals surface area (Å²) in [6, 6.07) is 11.0. The van der Waals surface area contributed by atoms with E-state index in [0.717, 1.165) is 42.7 Å². The van der Waals surface area contributed by atoms with Gasteiger partial charge in [0.25, 0.3) is 5.91 Å². The number of aryl methyl sites for hydroxylation is 2. The predicted octanol–water partition coefficient (Wildman–Crippen LogP) is 5.04. The van der Waals surface area contributed by atoms with Crippen LogP contribution in [0.3, 0.4) is 0 Å². The van der Waals surface area contributed by atoms with Crippen LogP contribution in [0.1, 0.15) is 28.9 Å². The van der Waals surface area contributed by atoms with Crippen LogP contribution in [0.15, 0.2) is 47.1 Å². The molecule has 0 atom stereocenters. The van der Waals surface area contributed by atoms with E-state index in [2.05, 4.69) is 20.3 Å². The quantitative estimate of drug-likeness (QED) is 0.485. The summed E-state index contributed by atoms with van der Waals surface area (Å²) < 4.78 is 7.21. The first-order valence-corrected chi connectivity index (χ1v) is 10.6. The molecule has 0 unspecified atom stereocenters. The van der Waals surface area contributed by atoms with Crippen molar-refractivity contribution in [3.05, 3.63) is 58.9 Å². The monoisotopic (exact) mass is 435 g/mol. The number of nitrogens with zero attached hydrogens (tertiary/aromatic N) is 4. The van der Waals surface area contributed by atoms with E-state index in [-0.39, 0.29) is 5.91 Å². The van der Waals surface area contributed by atoms with Crippen LogP contribution in [0.25, 0.3) is 22.5 Å². The molecular formula is C23H22ClN5O2. The maximum atomic E-state index is 13.5. The number of pyridine rings is 1. The summed E-state index contributed by atoms with van der Waals surface area (Å²) in [6.45, 7) is 3.81. The Balaban J connectivity index is 1.60. The van der Waals surface area contributed by atoms with Crippen molar-refractivity contribution in [3.8, 4) is 11.5 Å². The molecule has 31 heavy (non-hydrogen) atoms. The lowest BCUT2D eigenvalue weighted by Crippen LogP contribution is -2.21. The molecule has 0 radical (unpaired) electrons. The van der Waals surface area contributed by atoms with Crippen LogP contribution in [0, 0.1) is 6.92 Å². The number of halogens is 1.